The van der Waals surface area contributed by atoms with Crippen LogP contribution in [0, 0.1) is 6.92 Å². The number of amides is 1. The third kappa shape index (κ3) is 3.13. The number of carbonyl (C=O) groups excluding carboxylic acids is 2. The first-order chi connectivity index (χ1) is 14.4. The first kappa shape index (κ1) is 19.7. The van der Waals surface area contributed by atoms with Crippen molar-refractivity contribution in [2.45, 2.75) is 13.0 Å². The van der Waals surface area contributed by atoms with E-state index in [4.69, 9.17) is 4.74 Å². The lowest BCUT2D eigenvalue weighted by atomic mass is 9.98. The minimum absolute atomic E-state index is 0.0467. The van der Waals surface area contributed by atoms with Crippen molar-refractivity contribution in [1.82, 2.24) is 0 Å². The van der Waals surface area contributed by atoms with Crippen LogP contribution in [0.5, 0.6) is 11.5 Å². The number of rotatable bonds is 4. The predicted molar refractivity (Wildman–Crippen MR) is 115 cm³/mol. The molecule has 1 unspecified atom stereocenters. The second-order valence-corrected chi connectivity index (χ2v) is 7.86. The molecular weight excluding hydrogens is 402 g/mol. The van der Waals surface area contributed by atoms with Gasteiger partial charge in [-0.2, -0.15) is 0 Å². The van der Waals surface area contributed by atoms with E-state index in [-0.39, 0.29) is 22.8 Å². The molecular formula is C23H19NO5S. The number of aryl methyl sites for hydroxylation is 1. The summed E-state index contributed by atoms with van der Waals surface area (Å²) < 4.78 is 5.36. The van der Waals surface area contributed by atoms with Crippen LogP contribution >= 0.6 is 11.3 Å². The number of anilines is 1. The zero-order valence-electron chi connectivity index (χ0n) is 16.3. The van der Waals surface area contributed by atoms with Gasteiger partial charge in [-0.15, -0.1) is 11.3 Å². The van der Waals surface area contributed by atoms with Crippen LogP contribution in [0.4, 0.5) is 5.69 Å². The Morgan fingerprint density at radius 2 is 1.87 bits per heavy atom. The number of aromatic hydroxyl groups is 1. The van der Waals surface area contributed by atoms with Crippen molar-refractivity contribution >= 4 is 34.5 Å². The Hall–Kier alpha value is -3.58. The van der Waals surface area contributed by atoms with Crippen molar-refractivity contribution in [3.8, 4) is 11.5 Å². The van der Waals surface area contributed by atoms with Crippen LogP contribution < -0.4 is 9.64 Å². The van der Waals surface area contributed by atoms with Crippen molar-refractivity contribution in [1.29, 1.82) is 0 Å². The predicted octanol–water partition coefficient (Wildman–Crippen LogP) is 4.40. The summed E-state index contributed by atoms with van der Waals surface area (Å²) >= 11 is 1.35. The molecule has 2 heterocycles. The number of thiophene rings is 1. The number of carbonyl (C=O) groups is 2. The quantitative estimate of drug-likeness (QED) is 0.370. The minimum Gasteiger partial charge on any atom is -0.507 e. The number of hydrogen-bond acceptors (Lipinski definition) is 6. The number of hydrogen-bond donors (Lipinski definition) is 2. The fraction of sp³-hybridized carbons (Fsp3) is 0.130. The van der Waals surface area contributed by atoms with Gasteiger partial charge >= 0.3 is 0 Å². The van der Waals surface area contributed by atoms with Crippen molar-refractivity contribution in [2.24, 2.45) is 0 Å². The fourth-order valence-corrected chi connectivity index (χ4v) is 4.44. The largest absolute Gasteiger partial charge is 0.507 e. The zero-order chi connectivity index (χ0) is 21.4. The summed E-state index contributed by atoms with van der Waals surface area (Å²) in [6, 6.07) is 14.3. The number of phenolic OH excluding ortho intramolecular Hbond substituents is 1. The lowest BCUT2D eigenvalue weighted by Gasteiger charge is -2.24. The number of methoxy groups -OCH3 is 1. The molecule has 1 aliphatic rings. The SMILES string of the molecule is COc1ccc(C)cc1/C(O)=C1/C(=O)C(=O)N(c2ccccc2O)C1c1cccs1. The summed E-state index contributed by atoms with van der Waals surface area (Å²) in [4.78, 5) is 28.0. The molecule has 0 saturated carbocycles. The monoisotopic (exact) mass is 421 g/mol. The number of ether oxygens (including phenoxy) is 1. The van der Waals surface area contributed by atoms with E-state index in [1.165, 1.54) is 29.4 Å². The summed E-state index contributed by atoms with van der Waals surface area (Å²) in [6.45, 7) is 1.85. The number of Topliss-reactive ketones (excluding diaryl/α,β-unsaturated/α-hetero) is 1. The van der Waals surface area contributed by atoms with Gasteiger partial charge in [0.15, 0.2) is 0 Å². The highest BCUT2D eigenvalue weighted by molar-refractivity contribution is 7.10. The highest BCUT2D eigenvalue weighted by Crippen LogP contribution is 2.46. The molecule has 30 heavy (non-hydrogen) atoms. The molecule has 0 spiro atoms. The zero-order valence-corrected chi connectivity index (χ0v) is 17.1. The van der Waals surface area contributed by atoms with Gasteiger partial charge in [0.25, 0.3) is 11.7 Å². The van der Waals surface area contributed by atoms with E-state index in [9.17, 15) is 19.8 Å². The van der Waals surface area contributed by atoms with Crippen LogP contribution in [0.15, 0.2) is 65.6 Å². The van der Waals surface area contributed by atoms with Crippen LogP contribution in [-0.4, -0.2) is 29.0 Å². The van der Waals surface area contributed by atoms with Crippen LogP contribution in [0.25, 0.3) is 5.76 Å². The number of benzene rings is 2. The van der Waals surface area contributed by atoms with Gasteiger partial charge in [0, 0.05) is 4.88 Å². The van der Waals surface area contributed by atoms with Gasteiger partial charge in [-0.3, -0.25) is 14.5 Å². The Morgan fingerprint density at radius 3 is 2.53 bits per heavy atom. The second-order valence-electron chi connectivity index (χ2n) is 6.88. The van der Waals surface area contributed by atoms with E-state index >= 15 is 0 Å². The number of aliphatic hydroxyl groups excluding tert-OH is 1. The number of para-hydroxylation sites is 2. The van der Waals surface area contributed by atoms with Crippen molar-refractivity contribution < 1.29 is 24.5 Å². The molecule has 1 aromatic heterocycles. The molecule has 1 atom stereocenters. The lowest BCUT2D eigenvalue weighted by Crippen LogP contribution is -2.29. The molecule has 1 aliphatic heterocycles. The van der Waals surface area contributed by atoms with Crippen molar-refractivity contribution in [3.05, 3.63) is 81.6 Å². The second kappa shape index (κ2) is 7.68. The van der Waals surface area contributed by atoms with E-state index in [2.05, 4.69) is 0 Å². The van der Waals surface area contributed by atoms with E-state index in [0.29, 0.717) is 16.2 Å². The third-order valence-corrected chi connectivity index (χ3v) is 5.93. The molecule has 2 aromatic carbocycles. The smallest absolute Gasteiger partial charge is 0.300 e. The first-order valence-corrected chi connectivity index (χ1v) is 10.1. The fourth-order valence-electron chi connectivity index (χ4n) is 3.62. The molecule has 1 amide bonds. The summed E-state index contributed by atoms with van der Waals surface area (Å²) in [7, 11) is 1.47. The molecule has 0 radical (unpaired) electrons. The first-order valence-electron chi connectivity index (χ1n) is 9.21. The molecule has 6 nitrogen and oxygen atoms in total. The molecule has 0 aliphatic carbocycles. The molecule has 1 saturated heterocycles. The van der Waals surface area contributed by atoms with E-state index < -0.39 is 17.7 Å². The van der Waals surface area contributed by atoms with Crippen molar-refractivity contribution in [2.75, 3.05) is 12.0 Å². The maximum atomic E-state index is 13.1. The van der Waals surface area contributed by atoms with Crippen LogP contribution in [0.1, 0.15) is 22.0 Å². The molecule has 1 fully saturated rings. The average molecular weight is 421 g/mol. The number of aliphatic hydroxyl groups is 1. The van der Waals surface area contributed by atoms with E-state index in [0.717, 1.165) is 5.56 Å². The normalized spacial score (nSPS) is 18.1. The molecule has 152 valence electrons. The summed E-state index contributed by atoms with van der Waals surface area (Å²) in [5.41, 5.74) is 1.34. The van der Waals surface area contributed by atoms with Gasteiger partial charge in [-0.25, -0.2) is 0 Å². The molecule has 3 aromatic rings. The standard InChI is InChI=1S/C23H19NO5S/c1-13-9-10-17(29-2)14(12-13)21(26)19-20(18-8-5-11-30-18)24(23(28)22(19)27)15-6-3-4-7-16(15)25/h3-12,20,25-26H,1-2H3/b21-19-. The molecule has 4 rings (SSSR count). The lowest BCUT2D eigenvalue weighted by molar-refractivity contribution is -0.132. The Morgan fingerprint density at radius 1 is 1.10 bits per heavy atom. The number of ketones is 1. The Kier molecular flexibility index (Phi) is 5.05. The van der Waals surface area contributed by atoms with Gasteiger partial charge in [-0.1, -0.05) is 29.8 Å². The minimum atomic E-state index is -0.872. The van der Waals surface area contributed by atoms with Gasteiger partial charge in [-0.05, 0) is 42.6 Å². The van der Waals surface area contributed by atoms with Gasteiger partial charge in [0.1, 0.15) is 23.3 Å². The third-order valence-electron chi connectivity index (χ3n) is 5.01. The van der Waals surface area contributed by atoms with E-state index in [1.807, 2.05) is 18.4 Å². The van der Waals surface area contributed by atoms with Gasteiger partial charge in [0.05, 0.1) is 23.9 Å². The average Bonchev–Trinajstić information content (AvgIpc) is 3.35. The molecule has 2 N–H and O–H groups in total. The van der Waals surface area contributed by atoms with Crippen molar-refractivity contribution in [3.63, 3.8) is 0 Å². The van der Waals surface area contributed by atoms with Gasteiger partial charge in [0.2, 0.25) is 0 Å². The topological polar surface area (TPSA) is 87.1 Å². The Labute approximate surface area is 177 Å². The summed E-state index contributed by atoms with van der Waals surface area (Å²) in [5, 5.41) is 23.4. The Bertz CT molecular complexity index is 1170. The summed E-state index contributed by atoms with van der Waals surface area (Å²) in [6.07, 6.45) is 0. The number of phenols is 1. The molecule has 7 heteroatoms. The highest BCUT2D eigenvalue weighted by Gasteiger charge is 2.48. The van der Waals surface area contributed by atoms with Crippen LogP contribution in [0.2, 0.25) is 0 Å². The van der Waals surface area contributed by atoms with E-state index in [1.54, 1.807) is 42.5 Å². The number of nitrogens with zero attached hydrogens (tertiary/aromatic N) is 1. The van der Waals surface area contributed by atoms with Crippen LogP contribution in [-0.2, 0) is 9.59 Å². The highest BCUT2D eigenvalue weighted by atomic mass is 32.1. The molecule has 0 bridgehead atoms. The van der Waals surface area contributed by atoms with Gasteiger partial charge < -0.3 is 14.9 Å². The maximum Gasteiger partial charge on any atom is 0.300 e. The Balaban J connectivity index is 1.98. The maximum absolute atomic E-state index is 13.1. The summed E-state index contributed by atoms with van der Waals surface area (Å²) in [5.74, 6) is -1.70. The van der Waals surface area contributed by atoms with Crippen LogP contribution in [0.3, 0.4) is 0 Å².